The fourth-order valence-electron chi connectivity index (χ4n) is 3.97. The number of hydrogen-bond acceptors (Lipinski definition) is 6. The molecule has 1 fully saturated rings. The molecular formula is C23H28N2O6S. The Bertz CT molecular complexity index is 1110. The van der Waals surface area contributed by atoms with E-state index in [0.717, 1.165) is 17.5 Å². The summed E-state index contributed by atoms with van der Waals surface area (Å²) in [5.41, 5.74) is 2.26. The summed E-state index contributed by atoms with van der Waals surface area (Å²) in [7, 11) is -3.96. The number of carboxylic acid groups (broad SMARTS) is 1. The number of nitrogens with one attached hydrogen (secondary N) is 1. The van der Waals surface area contributed by atoms with E-state index in [2.05, 4.69) is 4.72 Å². The zero-order chi connectivity index (χ0) is 23.5. The van der Waals surface area contributed by atoms with E-state index in [1.807, 2.05) is 24.8 Å². The first-order chi connectivity index (χ1) is 15.1. The van der Waals surface area contributed by atoms with Crippen molar-refractivity contribution in [1.29, 1.82) is 0 Å². The summed E-state index contributed by atoms with van der Waals surface area (Å²) in [6, 6.07) is 9.32. The molecule has 3 rings (SSSR count). The fraction of sp³-hybridized carbons (Fsp3) is 0.391. The number of ether oxygens (including phenoxy) is 1. The Balaban J connectivity index is 1.98. The lowest BCUT2D eigenvalue weighted by atomic mass is 9.97. The molecule has 1 aliphatic heterocycles. The topological polar surface area (TPSA) is 113 Å². The predicted molar refractivity (Wildman–Crippen MR) is 122 cm³/mol. The normalized spacial score (nSPS) is 16.5. The molecule has 0 unspecified atom stereocenters. The van der Waals surface area contributed by atoms with Gasteiger partial charge in [0.1, 0.15) is 0 Å². The molecular weight excluding hydrogens is 432 g/mol. The van der Waals surface area contributed by atoms with Gasteiger partial charge in [-0.2, -0.15) is 0 Å². The van der Waals surface area contributed by atoms with Gasteiger partial charge in [0.2, 0.25) is 0 Å². The summed E-state index contributed by atoms with van der Waals surface area (Å²) >= 11 is 0. The van der Waals surface area contributed by atoms with Crippen LogP contribution in [0.25, 0.3) is 0 Å². The van der Waals surface area contributed by atoms with Gasteiger partial charge in [-0.05, 0) is 75.1 Å². The first-order valence-corrected chi connectivity index (χ1v) is 12.0. The van der Waals surface area contributed by atoms with Gasteiger partial charge in [0, 0.05) is 13.1 Å². The lowest BCUT2D eigenvalue weighted by Crippen LogP contribution is -2.39. The molecule has 2 aromatic carbocycles. The van der Waals surface area contributed by atoms with Crippen molar-refractivity contribution in [2.24, 2.45) is 5.92 Å². The number of aromatic carboxylic acids is 1. The van der Waals surface area contributed by atoms with E-state index in [-0.39, 0.29) is 28.0 Å². The van der Waals surface area contributed by atoms with Crippen LogP contribution in [-0.4, -0.2) is 45.2 Å². The standard InChI is InChI=1S/C23H28N2O6S/c1-4-31-23(28)18-6-5-9-25(14-18)21-8-7-17(22(26)27)13-20(21)24-32(29,30)19-11-15(2)10-16(3)12-19/h7-8,10-13,18,24H,4-6,9,14H2,1-3H3,(H,26,27)/t18-/m0/s1. The molecule has 172 valence electrons. The molecule has 32 heavy (non-hydrogen) atoms. The number of carboxylic acids is 1. The van der Waals surface area contributed by atoms with E-state index in [1.165, 1.54) is 12.1 Å². The second-order valence-corrected chi connectivity index (χ2v) is 9.69. The van der Waals surface area contributed by atoms with E-state index in [1.54, 1.807) is 25.1 Å². The van der Waals surface area contributed by atoms with Gasteiger partial charge in [-0.1, -0.05) is 6.07 Å². The zero-order valence-electron chi connectivity index (χ0n) is 18.4. The number of sulfonamides is 1. The Morgan fingerprint density at radius 1 is 1.16 bits per heavy atom. The number of anilines is 2. The van der Waals surface area contributed by atoms with Crippen molar-refractivity contribution in [1.82, 2.24) is 0 Å². The summed E-state index contributed by atoms with van der Waals surface area (Å²) in [4.78, 5) is 25.8. The zero-order valence-corrected chi connectivity index (χ0v) is 19.2. The lowest BCUT2D eigenvalue weighted by Gasteiger charge is -2.34. The van der Waals surface area contributed by atoms with Gasteiger partial charge in [0.05, 0.1) is 34.4 Å². The Morgan fingerprint density at radius 2 is 1.84 bits per heavy atom. The predicted octanol–water partition coefficient (Wildman–Crippen LogP) is 3.58. The summed E-state index contributed by atoms with van der Waals surface area (Å²) in [6.45, 7) is 6.65. The number of piperidine rings is 1. The molecule has 1 atom stereocenters. The van der Waals surface area contributed by atoms with Gasteiger partial charge in [-0.3, -0.25) is 9.52 Å². The SMILES string of the molecule is CCOC(=O)[C@H]1CCCN(c2ccc(C(=O)O)cc2NS(=O)(=O)c2cc(C)cc(C)c2)C1. The maximum Gasteiger partial charge on any atom is 0.335 e. The van der Waals surface area contributed by atoms with Crippen molar-refractivity contribution < 1.29 is 27.9 Å². The highest BCUT2D eigenvalue weighted by atomic mass is 32.2. The fourth-order valence-corrected chi connectivity index (χ4v) is 5.22. The highest BCUT2D eigenvalue weighted by Gasteiger charge is 2.29. The number of benzene rings is 2. The molecule has 8 nitrogen and oxygen atoms in total. The smallest absolute Gasteiger partial charge is 0.335 e. The van der Waals surface area contributed by atoms with Crippen molar-refractivity contribution in [2.75, 3.05) is 29.3 Å². The Morgan fingerprint density at radius 3 is 2.47 bits per heavy atom. The van der Waals surface area contributed by atoms with Crippen LogP contribution in [0.4, 0.5) is 11.4 Å². The van der Waals surface area contributed by atoms with E-state index in [4.69, 9.17) is 4.74 Å². The molecule has 0 aliphatic carbocycles. The molecule has 0 bridgehead atoms. The number of carbonyl (C=O) groups excluding carboxylic acids is 1. The third-order valence-electron chi connectivity index (χ3n) is 5.38. The van der Waals surface area contributed by atoms with Crippen LogP contribution in [0.3, 0.4) is 0 Å². The van der Waals surface area contributed by atoms with Crippen molar-refractivity contribution in [2.45, 2.75) is 38.5 Å². The van der Waals surface area contributed by atoms with Crippen molar-refractivity contribution in [3.05, 3.63) is 53.1 Å². The van der Waals surface area contributed by atoms with E-state index in [0.29, 0.717) is 31.8 Å². The molecule has 2 N–H and O–H groups in total. The Kier molecular flexibility index (Phi) is 7.08. The average Bonchev–Trinajstić information content (AvgIpc) is 2.73. The maximum absolute atomic E-state index is 13.1. The second-order valence-electron chi connectivity index (χ2n) is 8.00. The number of hydrogen-bond donors (Lipinski definition) is 2. The van der Waals surface area contributed by atoms with Gasteiger partial charge in [0.25, 0.3) is 10.0 Å². The van der Waals surface area contributed by atoms with Gasteiger partial charge >= 0.3 is 11.9 Å². The monoisotopic (exact) mass is 460 g/mol. The van der Waals surface area contributed by atoms with Gasteiger partial charge in [0.15, 0.2) is 0 Å². The van der Waals surface area contributed by atoms with Gasteiger partial charge in [-0.15, -0.1) is 0 Å². The highest BCUT2D eigenvalue weighted by Crippen LogP contribution is 2.33. The molecule has 0 spiro atoms. The quantitative estimate of drug-likeness (QED) is 0.607. The lowest BCUT2D eigenvalue weighted by molar-refractivity contribution is -0.148. The van der Waals surface area contributed by atoms with Crippen LogP contribution in [-0.2, 0) is 19.6 Å². The summed E-state index contributed by atoms with van der Waals surface area (Å²) < 4.78 is 34.0. The van der Waals surface area contributed by atoms with E-state index in [9.17, 15) is 23.1 Å². The second kappa shape index (κ2) is 9.60. The van der Waals surface area contributed by atoms with Crippen molar-refractivity contribution >= 4 is 33.3 Å². The third kappa shape index (κ3) is 5.40. The van der Waals surface area contributed by atoms with Crippen LogP contribution < -0.4 is 9.62 Å². The van der Waals surface area contributed by atoms with Crippen LogP contribution in [0.2, 0.25) is 0 Å². The molecule has 0 saturated carbocycles. The molecule has 2 aromatic rings. The molecule has 0 aromatic heterocycles. The first kappa shape index (κ1) is 23.6. The highest BCUT2D eigenvalue weighted by molar-refractivity contribution is 7.92. The van der Waals surface area contributed by atoms with Crippen LogP contribution in [0.1, 0.15) is 41.3 Å². The van der Waals surface area contributed by atoms with Crippen LogP contribution in [0, 0.1) is 19.8 Å². The molecule has 1 aliphatic rings. The number of nitrogens with zero attached hydrogens (tertiary/aromatic N) is 1. The molecule has 1 heterocycles. The maximum atomic E-state index is 13.1. The summed E-state index contributed by atoms with van der Waals surface area (Å²) in [5.74, 6) is -1.77. The minimum atomic E-state index is -3.96. The van der Waals surface area contributed by atoms with Gasteiger partial charge in [-0.25, -0.2) is 13.2 Å². The minimum Gasteiger partial charge on any atom is -0.478 e. The van der Waals surface area contributed by atoms with Crippen LogP contribution >= 0.6 is 0 Å². The van der Waals surface area contributed by atoms with Crippen molar-refractivity contribution in [3.8, 4) is 0 Å². The van der Waals surface area contributed by atoms with E-state index < -0.39 is 16.0 Å². The molecule has 0 radical (unpaired) electrons. The summed E-state index contributed by atoms with van der Waals surface area (Å²) in [6.07, 6.45) is 1.42. The number of rotatable bonds is 7. The van der Waals surface area contributed by atoms with E-state index >= 15 is 0 Å². The number of esters is 1. The average molecular weight is 461 g/mol. The minimum absolute atomic E-state index is 0.0363. The van der Waals surface area contributed by atoms with Gasteiger partial charge < -0.3 is 14.7 Å². The Labute approximate surface area is 188 Å². The molecule has 9 heteroatoms. The van der Waals surface area contributed by atoms with Crippen LogP contribution in [0.15, 0.2) is 41.3 Å². The third-order valence-corrected chi connectivity index (χ3v) is 6.72. The molecule has 0 amide bonds. The number of carbonyl (C=O) groups is 2. The molecule has 1 saturated heterocycles. The van der Waals surface area contributed by atoms with Crippen molar-refractivity contribution in [3.63, 3.8) is 0 Å². The van der Waals surface area contributed by atoms with Crippen LogP contribution in [0.5, 0.6) is 0 Å². The Hall–Kier alpha value is -3.07. The largest absolute Gasteiger partial charge is 0.478 e. The first-order valence-electron chi connectivity index (χ1n) is 10.5. The summed E-state index contributed by atoms with van der Waals surface area (Å²) in [5, 5.41) is 9.42. The number of aryl methyl sites for hydroxylation is 2.